The third-order valence-electron chi connectivity index (χ3n) is 5.41. The van der Waals surface area contributed by atoms with E-state index in [0.29, 0.717) is 6.42 Å². The number of rotatable bonds is 10. The smallest absolute Gasteiger partial charge is 0.407 e. The van der Waals surface area contributed by atoms with Crippen molar-refractivity contribution in [3.63, 3.8) is 0 Å². The van der Waals surface area contributed by atoms with Gasteiger partial charge >= 0.3 is 12.1 Å². The zero-order chi connectivity index (χ0) is 22.9. The molecule has 0 saturated carbocycles. The number of hydrogen-bond donors (Lipinski definition) is 3. The molecule has 1 unspecified atom stereocenters. The number of carbonyl (C=O) groups is 3. The van der Waals surface area contributed by atoms with Crippen LogP contribution in [0.2, 0.25) is 0 Å². The predicted molar refractivity (Wildman–Crippen MR) is 121 cm³/mol. The number of carboxylic acids is 1. The Hall–Kier alpha value is -3.61. The summed E-state index contributed by atoms with van der Waals surface area (Å²) in [5.41, 5.74) is 4.60. The first kappa shape index (κ1) is 23.1. The number of nitrogens with one attached hydrogen (secondary N) is 2. The molecule has 0 aromatic heterocycles. The van der Waals surface area contributed by atoms with Crippen molar-refractivity contribution in [1.29, 1.82) is 0 Å². The second-order valence-electron chi connectivity index (χ2n) is 7.70. The van der Waals surface area contributed by atoms with Gasteiger partial charge in [0.25, 0.3) is 0 Å². The lowest BCUT2D eigenvalue weighted by atomic mass is 9.98. The highest BCUT2D eigenvalue weighted by Gasteiger charge is 2.29. The fourth-order valence-corrected chi connectivity index (χ4v) is 4.01. The first-order chi connectivity index (χ1) is 15.5. The Kier molecular flexibility index (Phi) is 8.02. The summed E-state index contributed by atoms with van der Waals surface area (Å²) in [6, 6.07) is 15.9. The van der Waals surface area contributed by atoms with Crippen LogP contribution >= 0.6 is 0 Å². The van der Waals surface area contributed by atoms with Crippen molar-refractivity contribution in [1.82, 2.24) is 10.6 Å². The van der Waals surface area contributed by atoms with E-state index in [4.69, 9.17) is 9.84 Å². The predicted octanol–water partition coefficient (Wildman–Crippen LogP) is 3.84. The van der Waals surface area contributed by atoms with Crippen molar-refractivity contribution >= 4 is 18.0 Å². The first-order valence-electron chi connectivity index (χ1n) is 10.8. The van der Waals surface area contributed by atoms with Gasteiger partial charge in [-0.2, -0.15) is 0 Å². The molecule has 0 heterocycles. The number of aliphatic carboxylic acids is 1. The highest BCUT2D eigenvalue weighted by Crippen LogP contribution is 2.44. The van der Waals surface area contributed by atoms with Crippen LogP contribution in [0.25, 0.3) is 11.1 Å². The second kappa shape index (κ2) is 11.1. The Morgan fingerprint density at radius 3 is 2.28 bits per heavy atom. The number of fused-ring (bicyclic) bond motifs is 3. The fourth-order valence-electron chi connectivity index (χ4n) is 4.01. The maximum atomic E-state index is 12.5. The van der Waals surface area contributed by atoms with Crippen LogP contribution in [0, 0.1) is 0 Å². The van der Waals surface area contributed by atoms with Crippen LogP contribution in [0.15, 0.2) is 60.7 Å². The monoisotopic (exact) mass is 436 g/mol. The van der Waals surface area contributed by atoms with E-state index < -0.39 is 12.1 Å². The molecule has 32 heavy (non-hydrogen) atoms. The van der Waals surface area contributed by atoms with Crippen LogP contribution in [0.5, 0.6) is 0 Å². The van der Waals surface area contributed by atoms with E-state index in [-0.39, 0.29) is 37.4 Å². The summed E-state index contributed by atoms with van der Waals surface area (Å²) >= 11 is 0. The van der Waals surface area contributed by atoms with E-state index in [9.17, 15) is 14.4 Å². The van der Waals surface area contributed by atoms with Crippen LogP contribution in [-0.2, 0) is 14.3 Å². The lowest BCUT2D eigenvalue weighted by Crippen LogP contribution is -2.39. The van der Waals surface area contributed by atoms with Gasteiger partial charge in [-0.3, -0.25) is 4.79 Å². The van der Waals surface area contributed by atoms with Gasteiger partial charge < -0.3 is 20.5 Å². The summed E-state index contributed by atoms with van der Waals surface area (Å²) in [7, 11) is 0. The molecule has 7 heteroatoms. The zero-order valence-electron chi connectivity index (χ0n) is 18.0. The van der Waals surface area contributed by atoms with E-state index >= 15 is 0 Å². The Balaban J connectivity index is 1.55. The first-order valence-corrected chi connectivity index (χ1v) is 10.8. The molecular weight excluding hydrogens is 408 g/mol. The molecule has 0 saturated heterocycles. The quantitative estimate of drug-likeness (QED) is 0.491. The van der Waals surface area contributed by atoms with E-state index in [2.05, 4.69) is 34.9 Å². The van der Waals surface area contributed by atoms with Crippen molar-refractivity contribution in [3.05, 3.63) is 71.8 Å². The molecule has 0 spiro atoms. The number of carboxylic acid groups (broad SMARTS) is 1. The number of ether oxygens (including phenoxy) is 1. The number of amides is 2. The van der Waals surface area contributed by atoms with Crippen LogP contribution in [0.1, 0.15) is 43.2 Å². The summed E-state index contributed by atoms with van der Waals surface area (Å²) < 4.78 is 5.56. The minimum Gasteiger partial charge on any atom is -0.478 e. The molecular formula is C25H28N2O5. The zero-order valence-corrected chi connectivity index (χ0v) is 18.0. The Bertz CT molecular complexity index is 956. The molecule has 1 atom stereocenters. The normalized spacial score (nSPS) is 13.3. The number of hydrogen-bond acceptors (Lipinski definition) is 4. The van der Waals surface area contributed by atoms with E-state index in [1.165, 1.54) is 6.08 Å². The van der Waals surface area contributed by atoms with Gasteiger partial charge in [0.15, 0.2) is 0 Å². The third kappa shape index (κ3) is 5.97. The minimum absolute atomic E-state index is 0.0258. The molecule has 0 aliphatic heterocycles. The summed E-state index contributed by atoms with van der Waals surface area (Å²) in [5, 5.41) is 14.0. The van der Waals surface area contributed by atoms with E-state index in [1.807, 2.05) is 31.2 Å². The molecule has 0 bridgehead atoms. The second-order valence-corrected chi connectivity index (χ2v) is 7.70. The topological polar surface area (TPSA) is 105 Å². The van der Waals surface area contributed by atoms with Gasteiger partial charge in [-0.1, -0.05) is 68.0 Å². The van der Waals surface area contributed by atoms with Crippen LogP contribution in [0.3, 0.4) is 0 Å². The minimum atomic E-state index is -1.07. The largest absolute Gasteiger partial charge is 0.478 e. The van der Waals surface area contributed by atoms with Gasteiger partial charge in [-0.15, -0.1) is 0 Å². The highest BCUT2D eigenvalue weighted by atomic mass is 16.5. The molecule has 2 amide bonds. The molecule has 3 N–H and O–H groups in total. The van der Waals surface area contributed by atoms with Crippen molar-refractivity contribution < 1.29 is 24.2 Å². The van der Waals surface area contributed by atoms with Crippen molar-refractivity contribution in [2.24, 2.45) is 0 Å². The van der Waals surface area contributed by atoms with Crippen LogP contribution < -0.4 is 10.6 Å². The maximum Gasteiger partial charge on any atom is 0.407 e. The molecule has 2 aromatic rings. The molecule has 0 fully saturated rings. The summed E-state index contributed by atoms with van der Waals surface area (Å²) in [4.78, 5) is 35.1. The molecule has 0 radical (unpaired) electrons. The molecule has 168 valence electrons. The lowest BCUT2D eigenvalue weighted by molar-refractivity contribution is -0.131. The molecule has 7 nitrogen and oxygen atoms in total. The lowest BCUT2D eigenvalue weighted by Gasteiger charge is -2.19. The standard InChI is InChI=1S/C25H28N2O5/c1-2-8-17(15-23(28)26-14-7-13-24(29)30)27-25(31)32-16-22-20-11-5-3-9-18(20)19-10-4-6-12-21(19)22/h3-7,9-13,17,22H,2,8,14-16H2,1H3,(H,26,28)(H,27,31)(H,29,30)/b13-7+. The van der Waals surface area contributed by atoms with Gasteiger partial charge in [-0.25, -0.2) is 9.59 Å². The van der Waals surface area contributed by atoms with Gasteiger partial charge in [0, 0.05) is 31.0 Å². The maximum absolute atomic E-state index is 12.5. The average molecular weight is 437 g/mol. The number of alkyl carbamates (subject to hydrolysis) is 1. The molecule has 2 aromatic carbocycles. The Morgan fingerprint density at radius 1 is 1.06 bits per heavy atom. The van der Waals surface area contributed by atoms with E-state index in [0.717, 1.165) is 34.8 Å². The Labute approximate surface area is 187 Å². The van der Waals surface area contributed by atoms with E-state index in [1.54, 1.807) is 0 Å². The SMILES string of the molecule is CCCC(CC(=O)NC/C=C/C(=O)O)NC(=O)OCC1c2ccccc2-c2ccccc21. The van der Waals surface area contributed by atoms with Gasteiger partial charge in [0.1, 0.15) is 6.61 Å². The number of carbonyl (C=O) groups excluding carboxylic acids is 2. The van der Waals surface area contributed by atoms with Gasteiger partial charge in [0.05, 0.1) is 0 Å². The van der Waals surface area contributed by atoms with Crippen molar-refractivity contribution in [2.45, 2.75) is 38.1 Å². The van der Waals surface area contributed by atoms with Crippen LogP contribution in [0.4, 0.5) is 4.79 Å². The third-order valence-corrected chi connectivity index (χ3v) is 5.41. The molecule has 1 aliphatic rings. The summed E-state index contributed by atoms with van der Waals surface area (Å²) in [6.07, 6.45) is 3.29. The summed E-state index contributed by atoms with van der Waals surface area (Å²) in [5.74, 6) is -1.36. The van der Waals surface area contributed by atoms with Crippen LogP contribution in [-0.4, -0.2) is 42.3 Å². The van der Waals surface area contributed by atoms with Crippen molar-refractivity contribution in [2.75, 3.05) is 13.2 Å². The highest BCUT2D eigenvalue weighted by molar-refractivity contribution is 5.81. The molecule has 3 rings (SSSR count). The Morgan fingerprint density at radius 2 is 1.69 bits per heavy atom. The van der Waals surface area contributed by atoms with Gasteiger partial charge in [-0.05, 0) is 28.7 Å². The molecule has 1 aliphatic carbocycles. The summed E-state index contributed by atoms with van der Waals surface area (Å²) in [6.45, 7) is 2.31. The van der Waals surface area contributed by atoms with Gasteiger partial charge in [0.2, 0.25) is 5.91 Å². The fraction of sp³-hybridized carbons (Fsp3) is 0.320. The van der Waals surface area contributed by atoms with Crippen molar-refractivity contribution in [3.8, 4) is 11.1 Å². The average Bonchev–Trinajstić information content (AvgIpc) is 3.09. The number of benzene rings is 2.